The maximum absolute atomic E-state index is 12.0. The van der Waals surface area contributed by atoms with Crippen molar-refractivity contribution in [3.8, 4) is 11.4 Å². The number of thiocarbonyl (C=S) groups is 1. The summed E-state index contributed by atoms with van der Waals surface area (Å²) in [6, 6.07) is 23.7. The highest BCUT2D eigenvalue weighted by Gasteiger charge is 2.42. The molecule has 4 aromatic rings. The number of aryl methyl sites for hydroxylation is 1. The summed E-state index contributed by atoms with van der Waals surface area (Å²) in [6.45, 7) is 3.83. The molecular formula is C29H29N5O2S. The average Bonchev–Trinajstić information content (AvgIpc) is 3.54. The third-order valence-corrected chi connectivity index (χ3v) is 6.93. The van der Waals surface area contributed by atoms with Gasteiger partial charge in [0, 0.05) is 41.6 Å². The van der Waals surface area contributed by atoms with E-state index in [9.17, 15) is 4.79 Å². The van der Waals surface area contributed by atoms with Crippen LogP contribution in [-0.2, 0) is 4.79 Å². The Kier molecular flexibility index (Phi) is 6.92. The fraction of sp³-hybridized carbons (Fsp3) is 0.207. The van der Waals surface area contributed by atoms with Crippen LogP contribution in [0.4, 0.5) is 11.4 Å². The van der Waals surface area contributed by atoms with Gasteiger partial charge in [0.2, 0.25) is 5.91 Å². The standard InChI is InChI=1S/C29H29N5O2S/c1-4-26(35)31-23-15-12-21(18-19(23)2)34-28(27(32-29(34)37)24-8-5-6-16-30-24)25-9-7-17-33(25)20-10-13-22(36-3)14-11-20/h5-18,27-28H,4H2,1-3H3,(H,31,35)(H,32,37)/t27-,28+/m0/s1. The Hall–Kier alpha value is -4.17. The number of rotatable bonds is 7. The lowest BCUT2D eigenvalue weighted by Gasteiger charge is -2.29. The van der Waals surface area contributed by atoms with Gasteiger partial charge in [-0.25, -0.2) is 0 Å². The summed E-state index contributed by atoms with van der Waals surface area (Å²) in [5.41, 5.74) is 5.70. The largest absolute Gasteiger partial charge is 0.497 e. The molecule has 1 aliphatic rings. The smallest absolute Gasteiger partial charge is 0.224 e. The van der Waals surface area contributed by atoms with Crippen molar-refractivity contribution in [2.45, 2.75) is 32.4 Å². The number of pyridine rings is 1. The summed E-state index contributed by atoms with van der Waals surface area (Å²) in [6.07, 6.45) is 4.29. The zero-order valence-corrected chi connectivity index (χ0v) is 21.8. The lowest BCUT2D eigenvalue weighted by Crippen LogP contribution is -2.30. The Balaban J connectivity index is 1.60. The van der Waals surface area contributed by atoms with E-state index in [1.165, 1.54) is 0 Å². The van der Waals surface area contributed by atoms with E-state index in [1.807, 2.05) is 74.5 Å². The van der Waals surface area contributed by atoms with Crippen molar-refractivity contribution in [2.24, 2.45) is 0 Å². The summed E-state index contributed by atoms with van der Waals surface area (Å²) < 4.78 is 7.53. The number of nitrogens with one attached hydrogen (secondary N) is 2. The number of anilines is 2. The van der Waals surface area contributed by atoms with Gasteiger partial charge in [-0.2, -0.15) is 0 Å². The van der Waals surface area contributed by atoms with E-state index >= 15 is 0 Å². The van der Waals surface area contributed by atoms with Crippen LogP contribution in [0.3, 0.4) is 0 Å². The Morgan fingerprint density at radius 1 is 1.08 bits per heavy atom. The zero-order valence-electron chi connectivity index (χ0n) is 21.0. The first kappa shape index (κ1) is 24.5. The van der Waals surface area contributed by atoms with Crippen LogP contribution in [0.15, 0.2) is 85.2 Å². The van der Waals surface area contributed by atoms with E-state index in [4.69, 9.17) is 17.0 Å². The number of amides is 1. The molecule has 2 N–H and O–H groups in total. The number of ether oxygens (including phenoxy) is 1. The van der Waals surface area contributed by atoms with Crippen LogP contribution in [-0.4, -0.2) is 27.7 Å². The zero-order chi connectivity index (χ0) is 25.9. The van der Waals surface area contributed by atoms with Crippen molar-refractivity contribution < 1.29 is 9.53 Å². The van der Waals surface area contributed by atoms with Gasteiger partial charge in [-0.1, -0.05) is 13.0 Å². The van der Waals surface area contributed by atoms with Crippen LogP contribution in [0.2, 0.25) is 0 Å². The maximum atomic E-state index is 12.0. The Morgan fingerprint density at radius 2 is 1.86 bits per heavy atom. The van der Waals surface area contributed by atoms with Gasteiger partial charge < -0.3 is 24.8 Å². The third-order valence-electron chi connectivity index (χ3n) is 6.62. The van der Waals surface area contributed by atoms with Crippen LogP contribution >= 0.6 is 12.2 Å². The molecule has 7 nitrogen and oxygen atoms in total. The highest BCUT2D eigenvalue weighted by Crippen LogP contribution is 2.43. The molecule has 1 amide bonds. The topological polar surface area (TPSA) is 71.4 Å². The second kappa shape index (κ2) is 10.4. The lowest BCUT2D eigenvalue weighted by atomic mass is 10.00. The van der Waals surface area contributed by atoms with Gasteiger partial charge in [0.25, 0.3) is 0 Å². The molecule has 3 heterocycles. The van der Waals surface area contributed by atoms with Gasteiger partial charge in [0.1, 0.15) is 11.8 Å². The molecule has 8 heteroatoms. The van der Waals surface area contributed by atoms with Crippen molar-refractivity contribution in [3.63, 3.8) is 0 Å². The molecule has 1 aliphatic heterocycles. The normalized spacial score (nSPS) is 16.9. The molecule has 37 heavy (non-hydrogen) atoms. The number of hydrogen-bond donors (Lipinski definition) is 2. The molecule has 2 aromatic heterocycles. The summed E-state index contributed by atoms with van der Waals surface area (Å²) >= 11 is 5.90. The van der Waals surface area contributed by atoms with Crippen LogP contribution < -0.4 is 20.3 Å². The first-order chi connectivity index (χ1) is 18.0. The highest BCUT2D eigenvalue weighted by atomic mass is 32.1. The van der Waals surface area contributed by atoms with E-state index in [-0.39, 0.29) is 18.0 Å². The molecule has 188 valence electrons. The number of aromatic nitrogens is 2. The summed E-state index contributed by atoms with van der Waals surface area (Å²) in [5, 5.41) is 7.11. The molecule has 5 rings (SSSR count). The number of benzene rings is 2. The second-order valence-corrected chi connectivity index (χ2v) is 9.29. The van der Waals surface area contributed by atoms with Gasteiger partial charge in [0.05, 0.1) is 18.8 Å². The molecule has 0 unspecified atom stereocenters. The minimum Gasteiger partial charge on any atom is -0.497 e. The molecule has 0 aliphatic carbocycles. The number of carbonyl (C=O) groups is 1. The van der Waals surface area contributed by atoms with Crippen LogP contribution in [0.5, 0.6) is 5.75 Å². The first-order valence-corrected chi connectivity index (χ1v) is 12.6. The molecule has 2 atom stereocenters. The molecule has 1 fully saturated rings. The number of methoxy groups -OCH3 is 1. The fourth-order valence-electron chi connectivity index (χ4n) is 4.72. The van der Waals surface area contributed by atoms with Crippen LogP contribution in [0, 0.1) is 6.92 Å². The van der Waals surface area contributed by atoms with Gasteiger partial charge in [-0.05, 0) is 91.4 Å². The molecule has 0 bridgehead atoms. The van der Waals surface area contributed by atoms with Crippen molar-refractivity contribution in [1.82, 2.24) is 14.9 Å². The molecular weight excluding hydrogens is 482 g/mol. The minimum absolute atomic E-state index is 0.0142. The Morgan fingerprint density at radius 3 is 2.54 bits per heavy atom. The molecule has 0 radical (unpaired) electrons. The van der Waals surface area contributed by atoms with Crippen molar-refractivity contribution in [3.05, 3.63) is 102 Å². The summed E-state index contributed by atoms with van der Waals surface area (Å²) in [4.78, 5) is 18.8. The summed E-state index contributed by atoms with van der Waals surface area (Å²) in [5.74, 6) is 0.791. The Bertz CT molecular complexity index is 1420. The second-order valence-electron chi connectivity index (χ2n) is 8.90. The SMILES string of the molecule is CCC(=O)Nc1ccc(N2C(=S)N[C@@H](c3ccccn3)[C@H]2c2cccn2-c2ccc(OC)cc2)cc1C. The van der Waals surface area contributed by atoms with E-state index in [2.05, 4.69) is 43.4 Å². The van der Waals surface area contributed by atoms with Gasteiger partial charge in [-0.15, -0.1) is 0 Å². The van der Waals surface area contributed by atoms with Crippen molar-refractivity contribution in [1.29, 1.82) is 0 Å². The highest BCUT2D eigenvalue weighted by molar-refractivity contribution is 7.80. The lowest BCUT2D eigenvalue weighted by molar-refractivity contribution is -0.115. The monoisotopic (exact) mass is 511 g/mol. The predicted molar refractivity (Wildman–Crippen MR) is 150 cm³/mol. The molecule has 0 saturated carbocycles. The van der Waals surface area contributed by atoms with Crippen LogP contribution in [0.1, 0.15) is 42.4 Å². The van der Waals surface area contributed by atoms with Crippen molar-refractivity contribution in [2.75, 3.05) is 17.3 Å². The third kappa shape index (κ3) is 4.80. The van der Waals surface area contributed by atoms with E-state index in [0.29, 0.717) is 11.5 Å². The molecule has 2 aromatic carbocycles. The first-order valence-electron chi connectivity index (χ1n) is 12.2. The van der Waals surface area contributed by atoms with E-state index < -0.39 is 0 Å². The van der Waals surface area contributed by atoms with Crippen LogP contribution in [0.25, 0.3) is 5.69 Å². The summed E-state index contributed by atoms with van der Waals surface area (Å²) in [7, 11) is 1.66. The number of hydrogen-bond acceptors (Lipinski definition) is 4. The van der Waals surface area contributed by atoms with Crippen molar-refractivity contribution >= 4 is 34.6 Å². The molecule has 0 spiro atoms. The van der Waals surface area contributed by atoms with Gasteiger partial charge >= 0.3 is 0 Å². The number of carbonyl (C=O) groups excluding carboxylic acids is 1. The molecule has 1 saturated heterocycles. The average molecular weight is 512 g/mol. The quantitative estimate of drug-likeness (QED) is 0.310. The van der Waals surface area contributed by atoms with Gasteiger partial charge in [-0.3, -0.25) is 9.78 Å². The van der Waals surface area contributed by atoms with E-state index in [1.54, 1.807) is 13.3 Å². The fourth-order valence-corrected chi connectivity index (χ4v) is 5.07. The minimum atomic E-state index is -0.171. The number of nitrogens with zero attached hydrogens (tertiary/aromatic N) is 3. The maximum Gasteiger partial charge on any atom is 0.224 e. The van der Waals surface area contributed by atoms with Gasteiger partial charge in [0.15, 0.2) is 5.11 Å². The predicted octanol–water partition coefficient (Wildman–Crippen LogP) is 5.71. The Labute approximate surface area is 222 Å². The van der Waals surface area contributed by atoms with E-state index in [0.717, 1.165) is 39.8 Å².